The molecule has 0 N–H and O–H groups in total. The number of fused-ring (bicyclic) bond motifs is 1. The van der Waals surface area contributed by atoms with Crippen molar-refractivity contribution in [3.05, 3.63) is 53.6 Å². The molecule has 2 aromatic rings. The van der Waals surface area contributed by atoms with E-state index in [2.05, 4.69) is 0 Å². The van der Waals surface area contributed by atoms with Gasteiger partial charge in [-0.3, -0.25) is 4.79 Å². The fourth-order valence-corrected chi connectivity index (χ4v) is 2.34. The second kappa shape index (κ2) is 6.44. The van der Waals surface area contributed by atoms with Crippen LogP contribution in [-0.2, 0) is 0 Å². The number of carbonyl (C=O) groups excluding carboxylic acids is 1. The third kappa shape index (κ3) is 2.99. The van der Waals surface area contributed by atoms with Crippen molar-refractivity contribution in [2.75, 3.05) is 21.0 Å². The minimum atomic E-state index is -0.166. The first-order valence-corrected chi connectivity index (χ1v) is 7.06. The van der Waals surface area contributed by atoms with Gasteiger partial charge in [-0.25, -0.2) is 0 Å². The molecule has 0 atom stereocenters. The van der Waals surface area contributed by atoms with Crippen molar-refractivity contribution >= 4 is 11.9 Å². The summed E-state index contributed by atoms with van der Waals surface area (Å²) in [6.45, 7) is 0.195. The average molecular weight is 312 g/mol. The fourth-order valence-electron chi connectivity index (χ4n) is 2.34. The number of para-hydroxylation sites is 1. The van der Waals surface area contributed by atoms with E-state index in [-0.39, 0.29) is 12.6 Å². The van der Waals surface area contributed by atoms with Crippen LogP contribution in [0.25, 0.3) is 6.08 Å². The number of rotatable bonds is 5. The van der Waals surface area contributed by atoms with Gasteiger partial charge in [-0.05, 0) is 30.4 Å². The highest BCUT2D eigenvalue weighted by molar-refractivity contribution is 6.08. The van der Waals surface area contributed by atoms with Crippen LogP contribution in [0.3, 0.4) is 0 Å². The minimum absolute atomic E-state index is 0.166. The molecule has 0 amide bonds. The largest absolute Gasteiger partial charge is 0.497 e. The lowest BCUT2D eigenvalue weighted by Gasteiger charge is -2.08. The maximum atomic E-state index is 12.4. The van der Waals surface area contributed by atoms with Crippen LogP contribution in [0.2, 0.25) is 0 Å². The maximum Gasteiger partial charge on any atom is 0.231 e. The van der Waals surface area contributed by atoms with E-state index in [0.29, 0.717) is 28.6 Å². The second-order valence-corrected chi connectivity index (χ2v) is 4.84. The maximum absolute atomic E-state index is 12.4. The normalized spacial score (nSPS) is 12.4. The summed E-state index contributed by atoms with van der Waals surface area (Å²) in [4.78, 5) is 12.4. The van der Waals surface area contributed by atoms with E-state index in [1.54, 1.807) is 31.4 Å². The van der Waals surface area contributed by atoms with Crippen LogP contribution < -0.4 is 18.9 Å². The van der Waals surface area contributed by atoms with Crippen LogP contribution in [0, 0.1) is 0 Å². The molecular formula is C18H16O5. The molecule has 118 valence electrons. The number of hydrogen-bond donors (Lipinski definition) is 0. The second-order valence-electron chi connectivity index (χ2n) is 4.84. The molecule has 0 saturated heterocycles. The zero-order valence-corrected chi connectivity index (χ0v) is 12.9. The van der Waals surface area contributed by atoms with Crippen molar-refractivity contribution in [2.24, 2.45) is 0 Å². The Morgan fingerprint density at radius 3 is 2.78 bits per heavy atom. The van der Waals surface area contributed by atoms with Crippen molar-refractivity contribution in [3.63, 3.8) is 0 Å². The molecule has 23 heavy (non-hydrogen) atoms. The lowest BCUT2D eigenvalue weighted by Crippen LogP contribution is -1.99. The van der Waals surface area contributed by atoms with Gasteiger partial charge in [0.25, 0.3) is 0 Å². The van der Waals surface area contributed by atoms with E-state index < -0.39 is 0 Å². The predicted octanol–water partition coefficient (Wildman–Crippen LogP) is 3.33. The molecule has 1 aliphatic rings. The van der Waals surface area contributed by atoms with Gasteiger partial charge < -0.3 is 18.9 Å². The number of ketones is 1. The third-order valence-corrected chi connectivity index (χ3v) is 3.52. The summed E-state index contributed by atoms with van der Waals surface area (Å²) in [5, 5.41) is 0. The molecule has 0 saturated carbocycles. The van der Waals surface area contributed by atoms with Gasteiger partial charge in [-0.15, -0.1) is 0 Å². The molecule has 0 fully saturated rings. The summed E-state index contributed by atoms with van der Waals surface area (Å²) < 4.78 is 21.1. The highest BCUT2D eigenvalue weighted by Gasteiger charge is 2.16. The lowest BCUT2D eigenvalue weighted by molar-refractivity contribution is 0.104. The van der Waals surface area contributed by atoms with E-state index in [1.807, 2.05) is 18.2 Å². The first kappa shape index (κ1) is 15.0. The molecule has 0 aromatic heterocycles. The van der Waals surface area contributed by atoms with Crippen LogP contribution in [0.1, 0.15) is 15.9 Å². The number of carbonyl (C=O) groups is 1. The molecule has 0 bridgehead atoms. The summed E-state index contributed by atoms with van der Waals surface area (Å²) in [6.07, 6.45) is 3.20. The number of hydrogen-bond acceptors (Lipinski definition) is 5. The van der Waals surface area contributed by atoms with Gasteiger partial charge in [0.05, 0.1) is 19.8 Å². The Balaban J connectivity index is 1.86. The van der Waals surface area contributed by atoms with Crippen LogP contribution in [0.15, 0.2) is 42.5 Å². The molecular weight excluding hydrogens is 296 g/mol. The molecule has 1 heterocycles. The number of benzene rings is 2. The molecule has 0 unspecified atom stereocenters. The van der Waals surface area contributed by atoms with Gasteiger partial charge in [-0.1, -0.05) is 12.1 Å². The quantitative estimate of drug-likeness (QED) is 0.626. The smallest absolute Gasteiger partial charge is 0.231 e. The van der Waals surface area contributed by atoms with E-state index in [1.165, 1.54) is 13.2 Å². The summed E-state index contributed by atoms with van der Waals surface area (Å²) in [6, 6.07) is 10.6. The Labute approximate surface area is 134 Å². The SMILES string of the molecule is COc1ccc(C(=O)/C=C/c2cccc3c2OCO3)c(OC)c1. The predicted molar refractivity (Wildman–Crippen MR) is 85.5 cm³/mol. The van der Waals surface area contributed by atoms with Crippen LogP contribution in [-0.4, -0.2) is 26.8 Å². The topological polar surface area (TPSA) is 54.0 Å². The highest BCUT2D eigenvalue weighted by Crippen LogP contribution is 2.36. The monoisotopic (exact) mass is 312 g/mol. The van der Waals surface area contributed by atoms with Crippen LogP contribution in [0.4, 0.5) is 0 Å². The van der Waals surface area contributed by atoms with E-state index in [0.717, 1.165) is 5.56 Å². The lowest BCUT2D eigenvalue weighted by atomic mass is 10.1. The van der Waals surface area contributed by atoms with Gasteiger partial charge >= 0.3 is 0 Å². The van der Waals surface area contributed by atoms with Crippen molar-refractivity contribution in [2.45, 2.75) is 0 Å². The number of methoxy groups -OCH3 is 2. The summed E-state index contributed by atoms with van der Waals surface area (Å²) in [7, 11) is 3.08. The molecule has 5 heteroatoms. The molecule has 3 rings (SSSR count). The Morgan fingerprint density at radius 1 is 1.13 bits per heavy atom. The third-order valence-electron chi connectivity index (χ3n) is 3.52. The van der Waals surface area contributed by atoms with Gasteiger partial charge in [0, 0.05) is 11.6 Å². The average Bonchev–Trinajstić information content (AvgIpc) is 3.08. The zero-order valence-electron chi connectivity index (χ0n) is 12.9. The van der Waals surface area contributed by atoms with E-state index in [4.69, 9.17) is 18.9 Å². The van der Waals surface area contributed by atoms with Gasteiger partial charge in [0.1, 0.15) is 11.5 Å². The summed E-state index contributed by atoms with van der Waals surface area (Å²) in [5.41, 5.74) is 1.26. The first-order chi connectivity index (χ1) is 11.2. The standard InChI is InChI=1S/C18H16O5/c1-20-13-7-8-14(17(10-13)21-2)15(19)9-6-12-4-3-5-16-18(12)23-11-22-16/h3-10H,11H2,1-2H3/b9-6+. The summed E-state index contributed by atoms with van der Waals surface area (Å²) >= 11 is 0. The Morgan fingerprint density at radius 2 is 2.00 bits per heavy atom. The van der Waals surface area contributed by atoms with Gasteiger partial charge in [-0.2, -0.15) is 0 Å². The molecule has 0 spiro atoms. The molecule has 0 aliphatic carbocycles. The van der Waals surface area contributed by atoms with E-state index in [9.17, 15) is 4.79 Å². The molecule has 0 radical (unpaired) electrons. The van der Waals surface area contributed by atoms with Crippen molar-refractivity contribution in [1.29, 1.82) is 0 Å². The van der Waals surface area contributed by atoms with Gasteiger partial charge in [0.15, 0.2) is 17.3 Å². The van der Waals surface area contributed by atoms with Crippen LogP contribution in [0.5, 0.6) is 23.0 Å². The zero-order chi connectivity index (χ0) is 16.2. The number of allylic oxidation sites excluding steroid dienone is 1. The van der Waals surface area contributed by atoms with Gasteiger partial charge in [0.2, 0.25) is 6.79 Å². The van der Waals surface area contributed by atoms with Crippen molar-refractivity contribution in [3.8, 4) is 23.0 Å². The number of ether oxygens (including phenoxy) is 4. The Bertz CT molecular complexity index is 764. The van der Waals surface area contributed by atoms with Crippen molar-refractivity contribution in [1.82, 2.24) is 0 Å². The Kier molecular flexibility index (Phi) is 4.19. The molecule has 2 aromatic carbocycles. The Hall–Kier alpha value is -2.95. The first-order valence-electron chi connectivity index (χ1n) is 7.06. The minimum Gasteiger partial charge on any atom is -0.497 e. The van der Waals surface area contributed by atoms with Crippen molar-refractivity contribution < 1.29 is 23.7 Å². The molecule has 5 nitrogen and oxygen atoms in total. The highest BCUT2D eigenvalue weighted by atomic mass is 16.7. The van der Waals surface area contributed by atoms with Crippen LogP contribution >= 0.6 is 0 Å². The van der Waals surface area contributed by atoms with E-state index >= 15 is 0 Å². The summed E-state index contributed by atoms with van der Waals surface area (Å²) in [5.74, 6) is 2.27. The molecule has 1 aliphatic heterocycles. The fraction of sp³-hybridized carbons (Fsp3) is 0.167.